The second-order valence-electron chi connectivity index (χ2n) is 3.37. The zero-order valence-corrected chi connectivity index (χ0v) is 9.18. The highest BCUT2D eigenvalue weighted by molar-refractivity contribution is 6.28. The number of hydrogen-bond acceptors (Lipinski definition) is 3. The molecule has 0 atom stereocenters. The van der Waals surface area contributed by atoms with E-state index in [4.69, 9.17) is 17.3 Å². The molecule has 0 saturated carbocycles. The lowest BCUT2D eigenvalue weighted by Crippen LogP contribution is -2.07. The molecule has 3 nitrogen and oxygen atoms in total. The van der Waals surface area contributed by atoms with Crippen LogP contribution in [0.2, 0.25) is 5.28 Å². The Labute approximate surface area is 99.4 Å². The van der Waals surface area contributed by atoms with E-state index in [1.54, 1.807) is 0 Å². The molecule has 0 saturated heterocycles. The molecule has 1 aromatic carbocycles. The topological polar surface area (TPSA) is 51.8 Å². The van der Waals surface area contributed by atoms with Gasteiger partial charge in [0.05, 0.1) is 16.8 Å². The van der Waals surface area contributed by atoms with Gasteiger partial charge in [0.15, 0.2) is 0 Å². The Bertz CT molecular complexity index is 568. The van der Waals surface area contributed by atoms with Gasteiger partial charge in [-0.05, 0) is 29.8 Å². The maximum atomic E-state index is 12.5. The van der Waals surface area contributed by atoms with Gasteiger partial charge in [-0.1, -0.05) is 0 Å². The minimum atomic E-state index is -4.40. The molecule has 0 radical (unpaired) electrons. The normalized spacial score (nSPS) is 12.1. The van der Waals surface area contributed by atoms with Crippen molar-refractivity contribution in [2.24, 2.45) is 5.73 Å². The summed E-state index contributed by atoms with van der Waals surface area (Å²) in [5, 5.41) is 0.240. The lowest BCUT2D eigenvalue weighted by Gasteiger charge is -2.09. The minimum absolute atomic E-state index is 0.0000501. The summed E-state index contributed by atoms with van der Waals surface area (Å²) in [5.41, 5.74) is 5.30. The van der Waals surface area contributed by atoms with Crippen LogP contribution in [0, 0.1) is 0 Å². The summed E-state index contributed by atoms with van der Waals surface area (Å²) in [6.45, 7) is 0.0000501. The maximum absolute atomic E-state index is 12.5. The Morgan fingerprint density at radius 1 is 1.24 bits per heavy atom. The minimum Gasteiger partial charge on any atom is -0.325 e. The third-order valence-corrected chi connectivity index (χ3v) is 2.44. The predicted octanol–water partition coefficient (Wildman–Crippen LogP) is 2.76. The van der Waals surface area contributed by atoms with Gasteiger partial charge in [0.1, 0.15) is 0 Å². The van der Waals surface area contributed by atoms with Crippen LogP contribution in [-0.4, -0.2) is 9.97 Å². The number of benzene rings is 1. The molecule has 2 aromatic rings. The van der Waals surface area contributed by atoms with Crippen molar-refractivity contribution >= 4 is 22.5 Å². The van der Waals surface area contributed by atoms with E-state index in [1.807, 2.05) is 0 Å². The summed E-state index contributed by atoms with van der Waals surface area (Å²) in [4.78, 5) is 7.64. The standard InChI is InChI=1S/C10H7ClF3N3/c11-9-16-7-2-1-5(10(12,13)14)3-6(7)8(4-15)17-9/h1-3H,4,15H2. The van der Waals surface area contributed by atoms with Crippen LogP contribution in [0.1, 0.15) is 11.3 Å². The summed E-state index contributed by atoms with van der Waals surface area (Å²) in [7, 11) is 0. The molecule has 90 valence electrons. The van der Waals surface area contributed by atoms with Crippen molar-refractivity contribution in [2.45, 2.75) is 12.7 Å². The fourth-order valence-corrected chi connectivity index (χ4v) is 1.69. The van der Waals surface area contributed by atoms with Gasteiger partial charge in [-0.15, -0.1) is 0 Å². The van der Waals surface area contributed by atoms with Gasteiger partial charge in [-0.25, -0.2) is 9.97 Å². The number of alkyl halides is 3. The number of nitrogens with two attached hydrogens (primary N) is 1. The van der Waals surface area contributed by atoms with Crippen LogP contribution in [0.25, 0.3) is 10.9 Å². The molecule has 0 aliphatic rings. The molecule has 0 unspecified atom stereocenters. The van der Waals surface area contributed by atoms with Crippen LogP contribution in [0.3, 0.4) is 0 Å². The fraction of sp³-hybridized carbons (Fsp3) is 0.200. The van der Waals surface area contributed by atoms with Gasteiger partial charge in [0.2, 0.25) is 5.28 Å². The zero-order valence-electron chi connectivity index (χ0n) is 8.42. The van der Waals surface area contributed by atoms with Crippen molar-refractivity contribution in [3.8, 4) is 0 Å². The Balaban J connectivity index is 2.72. The molecule has 0 spiro atoms. The molecule has 0 amide bonds. The van der Waals surface area contributed by atoms with Crippen LogP contribution >= 0.6 is 11.6 Å². The first kappa shape index (κ1) is 12.1. The number of hydrogen-bond donors (Lipinski definition) is 1. The van der Waals surface area contributed by atoms with Gasteiger partial charge in [0, 0.05) is 11.9 Å². The molecule has 2 rings (SSSR count). The van der Waals surface area contributed by atoms with Crippen LogP contribution in [0.15, 0.2) is 18.2 Å². The number of aromatic nitrogens is 2. The van der Waals surface area contributed by atoms with Crippen molar-refractivity contribution < 1.29 is 13.2 Å². The average Bonchev–Trinajstić information content (AvgIpc) is 2.25. The number of halogens is 4. The van der Waals surface area contributed by atoms with Crippen molar-refractivity contribution in [3.05, 3.63) is 34.7 Å². The summed E-state index contributed by atoms with van der Waals surface area (Å²) in [5.74, 6) is 0. The summed E-state index contributed by atoms with van der Waals surface area (Å²) in [6.07, 6.45) is -4.40. The first-order valence-corrected chi connectivity index (χ1v) is 5.03. The van der Waals surface area contributed by atoms with E-state index in [1.165, 1.54) is 6.07 Å². The molecule has 0 aliphatic carbocycles. The van der Waals surface area contributed by atoms with Crippen molar-refractivity contribution in [3.63, 3.8) is 0 Å². The second kappa shape index (κ2) is 4.12. The Morgan fingerprint density at radius 3 is 2.53 bits per heavy atom. The van der Waals surface area contributed by atoms with Crippen molar-refractivity contribution in [1.29, 1.82) is 0 Å². The highest BCUT2D eigenvalue weighted by Gasteiger charge is 2.30. The van der Waals surface area contributed by atoms with E-state index in [2.05, 4.69) is 9.97 Å². The highest BCUT2D eigenvalue weighted by Crippen LogP contribution is 2.31. The number of rotatable bonds is 1. The monoisotopic (exact) mass is 261 g/mol. The molecule has 2 N–H and O–H groups in total. The first-order valence-electron chi connectivity index (χ1n) is 4.65. The third-order valence-electron chi connectivity index (χ3n) is 2.27. The molecule has 0 fully saturated rings. The lowest BCUT2D eigenvalue weighted by molar-refractivity contribution is -0.137. The van der Waals surface area contributed by atoms with Crippen LogP contribution in [-0.2, 0) is 12.7 Å². The number of nitrogens with zero attached hydrogens (tertiary/aromatic N) is 2. The molecule has 1 heterocycles. The van der Waals surface area contributed by atoms with Crippen LogP contribution in [0.4, 0.5) is 13.2 Å². The first-order chi connectivity index (χ1) is 7.91. The smallest absolute Gasteiger partial charge is 0.325 e. The summed E-state index contributed by atoms with van der Waals surface area (Å²) in [6, 6.07) is 3.19. The van der Waals surface area contributed by atoms with E-state index in [-0.39, 0.29) is 17.2 Å². The molecular weight excluding hydrogens is 255 g/mol. The van der Waals surface area contributed by atoms with E-state index in [0.717, 1.165) is 12.1 Å². The SMILES string of the molecule is NCc1nc(Cl)nc2ccc(C(F)(F)F)cc12. The van der Waals surface area contributed by atoms with Gasteiger partial charge in [0.25, 0.3) is 0 Å². The molecule has 17 heavy (non-hydrogen) atoms. The van der Waals surface area contributed by atoms with Gasteiger partial charge in [-0.3, -0.25) is 0 Å². The molecule has 0 bridgehead atoms. The maximum Gasteiger partial charge on any atom is 0.416 e. The van der Waals surface area contributed by atoms with E-state index in [0.29, 0.717) is 11.2 Å². The van der Waals surface area contributed by atoms with E-state index < -0.39 is 11.7 Å². The van der Waals surface area contributed by atoms with Gasteiger partial charge < -0.3 is 5.73 Å². The highest BCUT2D eigenvalue weighted by atomic mass is 35.5. The molecule has 7 heteroatoms. The second-order valence-corrected chi connectivity index (χ2v) is 3.71. The van der Waals surface area contributed by atoms with Crippen molar-refractivity contribution in [1.82, 2.24) is 9.97 Å². The Morgan fingerprint density at radius 2 is 1.94 bits per heavy atom. The molecule has 0 aliphatic heterocycles. The van der Waals surface area contributed by atoms with Crippen LogP contribution < -0.4 is 5.73 Å². The average molecular weight is 262 g/mol. The third kappa shape index (κ3) is 2.32. The largest absolute Gasteiger partial charge is 0.416 e. The van der Waals surface area contributed by atoms with Gasteiger partial charge in [-0.2, -0.15) is 13.2 Å². The molecular formula is C10H7ClF3N3. The Hall–Kier alpha value is -1.40. The zero-order chi connectivity index (χ0) is 12.6. The quantitative estimate of drug-likeness (QED) is 0.803. The van der Waals surface area contributed by atoms with E-state index >= 15 is 0 Å². The summed E-state index contributed by atoms with van der Waals surface area (Å²) >= 11 is 5.63. The molecule has 1 aromatic heterocycles. The Kier molecular flexibility index (Phi) is 2.92. The van der Waals surface area contributed by atoms with E-state index in [9.17, 15) is 13.2 Å². The van der Waals surface area contributed by atoms with Crippen molar-refractivity contribution in [2.75, 3.05) is 0 Å². The fourth-order valence-electron chi connectivity index (χ4n) is 1.49. The number of fused-ring (bicyclic) bond motifs is 1. The summed E-state index contributed by atoms with van der Waals surface area (Å²) < 4.78 is 37.6. The predicted molar refractivity (Wildman–Crippen MR) is 57.4 cm³/mol. The lowest BCUT2D eigenvalue weighted by atomic mass is 10.1. The van der Waals surface area contributed by atoms with Crippen LogP contribution in [0.5, 0.6) is 0 Å². The van der Waals surface area contributed by atoms with Gasteiger partial charge >= 0.3 is 6.18 Å².